The van der Waals surface area contributed by atoms with E-state index in [1.165, 1.54) is 6.07 Å². The Bertz CT molecular complexity index is 499. The Labute approximate surface area is 104 Å². The second-order valence-corrected chi connectivity index (χ2v) is 4.74. The van der Waals surface area contributed by atoms with Gasteiger partial charge in [-0.25, -0.2) is 0 Å². The zero-order valence-electron chi connectivity index (χ0n) is 9.80. The summed E-state index contributed by atoms with van der Waals surface area (Å²) in [6.45, 7) is 0.106. The van der Waals surface area contributed by atoms with Crippen LogP contribution in [0.3, 0.4) is 0 Å². The molecule has 1 aromatic rings. The van der Waals surface area contributed by atoms with Gasteiger partial charge < -0.3 is 15.2 Å². The van der Waals surface area contributed by atoms with Crippen LogP contribution in [0.1, 0.15) is 30.9 Å². The van der Waals surface area contributed by atoms with Gasteiger partial charge >= 0.3 is 0 Å². The Kier molecular flexibility index (Phi) is 2.59. The van der Waals surface area contributed by atoms with Crippen molar-refractivity contribution >= 4 is 5.69 Å². The van der Waals surface area contributed by atoms with Gasteiger partial charge in [-0.05, 0) is 24.8 Å². The molecule has 1 aliphatic heterocycles. The largest absolute Gasteiger partial charge is 0.454 e. The fourth-order valence-electron chi connectivity index (χ4n) is 2.42. The third kappa shape index (κ3) is 1.69. The fraction of sp³-hybridized carbons (Fsp3) is 0.500. The highest BCUT2D eigenvalue weighted by Crippen LogP contribution is 2.44. The molecule has 0 radical (unpaired) electrons. The van der Waals surface area contributed by atoms with Gasteiger partial charge in [-0.3, -0.25) is 10.1 Å². The molecule has 1 aliphatic carbocycles. The van der Waals surface area contributed by atoms with Crippen molar-refractivity contribution in [3.05, 3.63) is 27.8 Å². The van der Waals surface area contributed by atoms with Crippen LogP contribution in [0.25, 0.3) is 0 Å². The van der Waals surface area contributed by atoms with Crippen LogP contribution in [-0.2, 0) is 0 Å². The van der Waals surface area contributed by atoms with Crippen molar-refractivity contribution in [3.8, 4) is 11.5 Å². The number of nitro benzene ring substituents is 1. The van der Waals surface area contributed by atoms with Crippen LogP contribution in [0.15, 0.2) is 12.1 Å². The van der Waals surface area contributed by atoms with Crippen molar-refractivity contribution in [1.29, 1.82) is 0 Å². The normalized spacial score (nSPS) is 19.4. The van der Waals surface area contributed by atoms with E-state index in [-0.39, 0.29) is 18.5 Å². The number of rotatable bonds is 3. The molecule has 0 unspecified atom stereocenters. The molecule has 6 nitrogen and oxygen atoms in total. The Morgan fingerprint density at radius 3 is 2.56 bits per heavy atom. The number of nitro groups is 1. The first kappa shape index (κ1) is 11.3. The van der Waals surface area contributed by atoms with E-state index in [9.17, 15) is 10.1 Å². The molecule has 2 aliphatic rings. The van der Waals surface area contributed by atoms with Crippen molar-refractivity contribution in [2.24, 2.45) is 11.7 Å². The quantitative estimate of drug-likeness (QED) is 0.655. The van der Waals surface area contributed by atoms with E-state index < -0.39 is 4.92 Å². The lowest BCUT2D eigenvalue weighted by atomic mass is 9.77. The standard InChI is InChI=1S/C12H14N2O4/c13-12(7-2-1-3-7)8-4-10-11(18-6-17-10)5-9(8)14(15)16/h4-5,7,12H,1-3,6,13H2/t12-/m0/s1. The first-order chi connectivity index (χ1) is 8.66. The minimum Gasteiger partial charge on any atom is -0.454 e. The molecular weight excluding hydrogens is 236 g/mol. The average Bonchev–Trinajstić information content (AvgIpc) is 2.71. The summed E-state index contributed by atoms with van der Waals surface area (Å²) in [5.74, 6) is 1.31. The van der Waals surface area contributed by atoms with Gasteiger partial charge in [-0.2, -0.15) is 0 Å². The van der Waals surface area contributed by atoms with Crippen LogP contribution in [0.4, 0.5) is 5.69 Å². The summed E-state index contributed by atoms with van der Waals surface area (Å²) < 4.78 is 10.4. The molecular formula is C12H14N2O4. The summed E-state index contributed by atoms with van der Waals surface area (Å²) in [5, 5.41) is 11.1. The Hall–Kier alpha value is -1.82. The molecule has 3 rings (SSSR count). The fourth-order valence-corrected chi connectivity index (χ4v) is 2.42. The maximum atomic E-state index is 11.1. The third-order valence-corrected chi connectivity index (χ3v) is 3.74. The van der Waals surface area contributed by atoms with Crippen LogP contribution in [0, 0.1) is 16.0 Å². The Balaban J connectivity index is 2.02. The molecule has 0 saturated heterocycles. The summed E-state index contributed by atoms with van der Waals surface area (Å²) in [5.41, 5.74) is 6.71. The van der Waals surface area contributed by atoms with Crippen molar-refractivity contribution in [1.82, 2.24) is 0 Å². The second-order valence-electron chi connectivity index (χ2n) is 4.74. The SMILES string of the molecule is N[C@H](c1cc2c(cc1[N+](=O)[O-])OCO2)C1CCC1. The lowest BCUT2D eigenvalue weighted by Gasteiger charge is -2.31. The molecule has 1 atom stereocenters. The topological polar surface area (TPSA) is 87.6 Å². The van der Waals surface area contributed by atoms with Crippen LogP contribution in [-0.4, -0.2) is 11.7 Å². The monoisotopic (exact) mass is 250 g/mol. The van der Waals surface area contributed by atoms with E-state index in [1.807, 2.05) is 0 Å². The van der Waals surface area contributed by atoms with Crippen molar-refractivity contribution in [2.45, 2.75) is 25.3 Å². The lowest BCUT2D eigenvalue weighted by molar-refractivity contribution is -0.385. The molecule has 0 spiro atoms. The molecule has 1 aromatic carbocycles. The minimum absolute atomic E-state index is 0.0265. The summed E-state index contributed by atoms with van der Waals surface area (Å²) in [6.07, 6.45) is 3.22. The van der Waals surface area contributed by atoms with Crippen LogP contribution in [0.5, 0.6) is 11.5 Å². The molecule has 0 aromatic heterocycles. The van der Waals surface area contributed by atoms with Gasteiger partial charge in [0.05, 0.1) is 16.6 Å². The first-order valence-electron chi connectivity index (χ1n) is 6.00. The van der Waals surface area contributed by atoms with E-state index in [2.05, 4.69) is 0 Å². The molecule has 1 heterocycles. The van der Waals surface area contributed by atoms with Crippen LogP contribution in [0.2, 0.25) is 0 Å². The first-order valence-corrected chi connectivity index (χ1v) is 6.00. The highest BCUT2D eigenvalue weighted by atomic mass is 16.7. The predicted octanol–water partition coefficient (Wildman–Crippen LogP) is 2.12. The summed E-state index contributed by atoms with van der Waals surface area (Å²) in [4.78, 5) is 10.7. The minimum atomic E-state index is -0.407. The third-order valence-electron chi connectivity index (χ3n) is 3.74. The average molecular weight is 250 g/mol. The summed E-state index contributed by atoms with van der Waals surface area (Å²) in [6, 6.07) is 2.77. The highest BCUT2D eigenvalue weighted by Gasteiger charge is 2.32. The maximum absolute atomic E-state index is 11.1. The van der Waals surface area contributed by atoms with E-state index in [4.69, 9.17) is 15.2 Å². The van der Waals surface area contributed by atoms with Crippen LogP contribution < -0.4 is 15.2 Å². The van der Waals surface area contributed by atoms with Gasteiger partial charge in [0.15, 0.2) is 11.5 Å². The van der Waals surface area contributed by atoms with Gasteiger partial charge in [0.1, 0.15) is 0 Å². The number of ether oxygens (including phenoxy) is 2. The molecule has 0 bridgehead atoms. The molecule has 6 heteroatoms. The lowest BCUT2D eigenvalue weighted by Crippen LogP contribution is -2.27. The number of benzene rings is 1. The predicted molar refractivity (Wildman–Crippen MR) is 63.5 cm³/mol. The smallest absolute Gasteiger partial charge is 0.278 e. The van der Waals surface area contributed by atoms with Crippen molar-refractivity contribution < 1.29 is 14.4 Å². The molecule has 96 valence electrons. The number of hydrogen-bond donors (Lipinski definition) is 1. The summed E-state index contributed by atoms with van der Waals surface area (Å²) in [7, 11) is 0. The van der Waals surface area contributed by atoms with E-state index >= 15 is 0 Å². The van der Waals surface area contributed by atoms with Crippen molar-refractivity contribution in [2.75, 3.05) is 6.79 Å². The van der Waals surface area contributed by atoms with Crippen molar-refractivity contribution in [3.63, 3.8) is 0 Å². The Morgan fingerprint density at radius 1 is 1.33 bits per heavy atom. The van der Waals surface area contributed by atoms with Gasteiger partial charge in [-0.1, -0.05) is 6.42 Å². The number of nitrogens with zero attached hydrogens (tertiary/aromatic N) is 1. The number of nitrogens with two attached hydrogens (primary N) is 1. The maximum Gasteiger partial charge on any atom is 0.278 e. The van der Waals surface area contributed by atoms with E-state index in [1.54, 1.807) is 6.07 Å². The van der Waals surface area contributed by atoms with E-state index in [0.717, 1.165) is 19.3 Å². The van der Waals surface area contributed by atoms with Gasteiger partial charge in [0, 0.05) is 6.04 Å². The molecule has 1 fully saturated rings. The number of hydrogen-bond acceptors (Lipinski definition) is 5. The van der Waals surface area contributed by atoms with Gasteiger partial charge in [0.2, 0.25) is 6.79 Å². The zero-order valence-corrected chi connectivity index (χ0v) is 9.80. The second kappa shape index (κ2) is 4.13. The molecule has 0 amide bonds. The molecule has 1 saturated carbocycles. The van der Waals surface area contributed by atoms with Gasteiger partial charge in [-0.15, -0.1) is 0 Å². The summed E-state index contributed by atoms with van der Waals surface area (Å²) >= 11 is 0. The Morgan fingerprint density at radius 2 is 2.00 bits per heavy atom. The van der Waals surface area contributed by atoms with Gasteiger partial charge in [0.25, 0.3) is 5.69 Å². The zero-order chi connectivity index (χ0) is 12.7. The van der Waals surface area contributed by atoms with Crippen LogP contribution >= 0.6 is 0 Å². The van der Waals surface area contributed by atoms with E-state index in [0.29, 0.717) is 23.0 Å². The highest BCUT2D eigenvalue weighted by molar-refractivity contribution is 5.56. The molecule has 2 N–H and O–H groups in total. The number of fused-ring (bicyclic) bond motifs is 1. The molecule has 18 heavy (non-hydrogen) atoms.